The predicted molar refractivity (Wildman–Crippen MR) is 45.1 cm³/mol. The van der Waals surface area contributed by atoms with E-state index in [0.29, 0.717) is 19.6 Å². The van der Waals surface area contributed by atoms with Gasteiger partial charge in [-0.25, -0.2) is 0 Å². The Morgan fingerprint density at radius 3 is 2.42 bits per heavy atom. The Balaban J connectivity index is 3.01. The molecule has 0 radical (unpaired) electrons. The minimum atomic E-state index is -4.10. The molecule has 0 aromatic carbocycles. The molecule has 0 heterocycles. The molecule has 0 saturated carbocycles. The van der Waals surface area contributed by atoms with Crippen LogP contribution in [0.15, 0.2) is 0 Å². The Hall–Kier alpha value is 0.0600. The third-order valence-electron chi connectivity index (χ3n) is 1.10. The molecule has 2 nitrogen and oxygen atoms in total. The van der Waals surface area contributed by atoms with Crippen LogP contribution >= 0.6 is 11.8 Å². The molecule has 0 aliphatic rings. The summed E-state index contributed by atoms with van der Waals surface area (Å²) in [5.74, 6) is 0.0636. The van der Waals surface area contributed by atoms with Crippen LogP contribution in [0.25, 0.3) is 0 Å². The topological polar surface area (TPSA) is 38.0 Å². The highest BCUT2D eigenvalue weighted by atomic mass is 32.2. The van der Waals surface area contributed by atoms with Crippen LogP contribution in [-0.4, -0.2) is 30.9 Å². The second-order valence-electron chi connectivity index (χ2n) is 2.19. The number of hydrogen-bond donors (Lipinski definition) is 2. The maximum atomic E-state index is 11.5. The van der Waals surface area contributed by atoms with Crippen molar-refractivity contribution in [2.24, 2.45) is 5.73 Å². The molecule has 0 aromatic heterocycles. The van der Waals surface area contributed by atoms with Gasteiger partial charge >= 0.3 is 5.51 Å². The quantitative estimate of drug-likeness (QED) is 0.635. The van der Waals surface area contributed by atoms with Crippen LogP contribution in [0.3, 0.4) is 0 Å². The Kier molecular flexibility index (Phi) is 6.60. The van der Waals surface area contributed by atoms with Crippen molar-refractivity contribution in [1.29, 1.82) is 0 Å². The summed E-state index contributed by atoms with van der Waals surface area (Å²) in [6.07, 6.45) is 0.802. The molecule has 0 atom stereocenters. The first-order valence-corrected chi connectivity index (χ1v) is 4.66. The van der Waals surface area contributed by atoms with Crippen molar-refractivity contribution in [3.63, 3.8) is 0 Å². The molecule has 74 valence electrons. The second kappa shape index (κ2) is 6.56. The average Bonchev–Trinajstić information content (AvgIpc) is 1.94. The zero-order valence-electron chi connectivity index (χ0n) is 6.66. The summed E-state index contributed by atoms with van der Waals surface area (Å²) >= 11 is -0.00214. The van der Waals surface area contributed by atoms with Crippen LogP contribution in [0, 0.1) is 0 Å². The van der Waals surface area contributed by atoms with Gasteiger partial charge < -0.3 is 11.1 Å². The zero-order chi connectivity index (χ0) is 9.45. The molecule has 0 aromatic rings. The van der Waals surface area contributed by atoms with E-state index >= 15 is 0 Å². The number of alkyl halides is 3. The third-order valence-corrected chi connectivity index (χ3v) is 1.84. The van der Waals surface area contributed by atoms with Crippen molar-refractivity contribution in [3.05, 3.63) is 0 Å². The predicted octanol–water partition coefficient (Wildman–Crippen LogP) is 1.18. The lowest BCUT2D eigenvalue weighted by atomic mass is 10.4. The molecule has 0 spiro atoms. The lowest BCUT2D eigenvalue weighted by Gasteiger charge is -2.05. The van der Waals surface area contributed by atoms with Crippen LogP contribution in [-0.2, 0) is 0 Å². The minimum Gasteiger partial charge on any atom is -0.330 e. The summed E-state index contributed by atoms with van der Waals surface area (Å²) < 4.78 is 34.6. The van der Waals surface area contributed by atoms with Crippen LogP contribution < -0.4 is 11.1 Å². The summed E-state index contributed by atoms with van der Waals surface area (Å²) in [6.45, 7) is 1.64. The lowest BCUT2D eigenvalue weighted by Crippen LogP contribution is -2.21. The third kappa shape index (κ3) is 10.1. The van der Waals surface area contributed by atoms with Gasteiger partial charge in [-0.1, -0.05) is 0 Å². The van der Waals surface area contributed by atoms with E-state index in [-0.39, 0.29) is 17.5 Å². The molecule has 0 fully saturated rings. The Bertz CT molecular complexity index is 107. The summed E-state index contributed by atoms with van der Waals surface area (Å²) in [5.41, 5.74) is 1.09. The molecule has 0 aliphatic carbocycles. The van der Waals surface area contributed by atoms with Crippen molar-refractivity contribution in [3.8, 4) is 0 Å². The van der Waals surface area contributed by atoms with E-state index in [0.717, 1.165) is 6.42 Å². The summed E-state index contributed by atoms with van der Waals surface area (Å²) in [4.78, 5) is 0. The standard InChI is InChI=1S/C6H13F3N2S/c7-6(8,9)12-5-4-11-3-1-2-10/h11H,1-5,10H2. The van der Waals surface area contributed by atoms with Gasteiger partial charge in [0.25, 0.3) is 0 Å². The van der Waals surface area contributed by atoms with Crippen molar-refractivity contribution < 1.29 is 13.2 Å². The van der Waals surface area contributed by atoms with Crippen molar-refractivity contribution in [1.82, 2.24) is 5.32 Å². The van der Waals surface area contributed by atoms with Gasteiger partial charge in [0.2, 0.25) is 0 Å². The maximum Gasteiger partial charge on any atom is 0.441 e. The molecule has 12 heavy (non-hydrogen) atoms. The Morgan fingerprint density at radius 1 is 1.25 bits per heavy atom. The summed E-state index contributed by atoms with van der Waals surface area (Å²) in [5, 5.41) is 2.86. The molecule has 0 bridgehead atoms. The van der Waals surface area contributed by atoms with Gasteiger partial charge in [-0.05, 0) is 31.3 Å². The van der Waals surface area contributed by atoms with Gasteiger partial charge in [-0.3, -0.25) is 0 Å². The van der Waals surface area contributed by atoms with Gasteiger partial charge in [0.15, 0.2) is 0 Å². The number of halogens is 3. The van der Waals surface area contributed by atoms with Gasteiger partial charge in [0.1, 0.15) is 0 Å². The first-order valence-electron chi connectivity index (χ1n) is 3.68. The normalized spacial score (nSPS) is 12.0. The number of thioether (sulfide) groups is 1. The van der Waals surface area contributed by atoms with E-state index in [1.807, 2.05) is 0 Å². The van der Waals surface area contributed by atoms with Crippen LogP contribution in [0.1, 0.15) is 6.42 Å². The number of nitrogens with two attached hydrogens (primary N) is 1. The summed E-state index contributed by atoms with van der Waals surface area (Å²) in [6, 6.07) is 0. The highest BCUT2D eigenvalue weighted by Gasteiger charge is 2.27. The van der Waals surface area contributed by atoms with E-state index in [9.17, 15) is 13.2 Å². The number of nitrogens with one attached hydrogen (secondary N) is 1. The summed E-state index contributed by atoms with van der Waals surface area (Å²) in [7, 11) is 0. The molecular weight excluding hydrogens is 189 g/mol. The first-order chi connectivity index (χ1) is 5.56. The Labute approximate surface area is 74.1 Å². The monoisotopic (exact) mass is 202 g/mol. The van der Waals surface area contributed by atoms with E-state index in [1.54, 1.807) is 0 Å². The van der Waals surface area contributed by atoms with Gasteiger partial charge in [-0.2, -0.15) is 13.2 Å². The van der Waals surface area contributed by atoms with E-state index in [2.05, 4.69) is 5.32 Å². The van der Waals surface area contributed by atoms with Crippen LogP contribution in [0.5, 0.6) is 0 Å². The fourth-order valence-corrected chi connectivity index (χ4v) is 1.07. The van der Waals surface area contributed by atoms with Gasteiger partial charge in [0, 0.05) is 12.3 Å². The highest BCUT2D eigenvalue weighted by molar-refractivity contribution is 8.00. The smallest absolute Gasteiger partial charge is 0.330 e. The van der Waals surface area contributed by atoms with E-state index in [1.165, 1.54) is 0 Å². The largest absolute Gasteiger partial charge is 0.441 e. The lowest BCUT2D eigenvalue weighted by molar-refractivity contribution is -0.0327. The first kappa shape index (κ1) is 12.1. The zero-order valence-corrected chi connectivity index (χ0v) is 7.47. The molecule has 3 N–H and O–H groups in total. The van der Waals surface area contributed by atoms with Crippen LogP contribution in [0.2, 0.25) is 0 Å². The van der Waals surface area contributed by atoms with Crippen molar-refractivity contribution in [2.75, 3.05) is 25.4 Å². The molecule has 0 aliphatic heterocycles. The molecule has 0 unspecified atom stereocenters. The second-order valence-corrected chi connectivity index (χ2v) is 3.35. The number of rotatable bonds is 6. The van der Waals surface area contributed by atoms with Gasteiger partial charge in [0.05, 0.1) is 0 Å². The van der Waals surface area contributed by atoms with Crippen LogP contribution in [0.4, 0.5) is 13.2 Å². The maximum absolute atomic E-state index is 11.5. The molecule has 0 amide bonds. The molecule has 6 heteroatoms. The SMILES string of the molecule is NCCCNCCSC(F)(F)F. The minimum absolute atomic E-state index is 0.00214. The van der Waals surface area contributed by atoms with Crippen molar-refractivity contribution >= 4 is 11.8 Å². The van der Waals surface area contributed by atoms with Gasteiger partial charge in [-0.15, -0.1) is 0 Å². The van der Waals surface area contributed by atoms with Crippen molar-refractivity contribution in [2.45, 2.75) is 11.9 Å². The highest BCUT2D eigenvalue weighted by Crippen LogP contribution is 2.29. The molecule has 0 saturated heterocycles. The van der Waals surface area contributed by atoms with E-state index < -0.39 is 5.51 Å². The molecular formula is C6H13F3N2S. The Morgan fingerprint density at radius 2 is 1.92 bits per heavy atom. The fraction of sp³-hybridized carbons (Fsp3) is 1.00. The molecule has 0 rings (SSSR count). The fourth-order valence-electron chi connectivity index (χ4n) is 0.591. The van der Waals surface area contributed by atoms with E-state index in [4.69, 9.17) is 5.73 Å². The number of hydrogen-bond acceptors (Lipinski definition) is 3. The average molecular weight is 202 g/mol.